The molecule has 0 aromatic carbocycles. The molecule has 2 N–H and O–H groups in total. The molecule has 0 rings (SSSR count). The molecule has 0 aliphatic rings. The van der Waals surface area contributed by atoms with Gasteiger partial charge in [0.1, 0.15) is 10.7 Å². The molecule has 0 aliphatic carbocycles. The minimum absolute atomic E-state index is 0.175. The highest BCUT2D eigenvalue weighted by Gasteiger charge is 2.37. The topological polar surface area (TPSA) is 115 Å². The van der Waals surface area contributed by atoms with Crippen LogP contribution in [0.1, 0.15) is 171 Å². The van der Waals surface area contributed by atoms with Gasteiger partial charge in [0.2, 0.25) is 0 Å². The van der Waals surface area contributed by atoms with Gasteiger partial charge in [-0.3, -0.25) is 18.9 Å². The zero-order chi connectivity index (χ0) is 35.2. The van der Waals surface area contributed by atoms with Crippen molar-refractivity contribution in [2.45, 2.75) is 182 Å². The number of hydrogen-bond acceptors (Lipinski definition) is 6. The first-order chi connectivity index (χ1) is 21.7. The van der Waals surface area contributed by atoms with E-state index >= 15 is 0 Å². The predicted molar refractivity (Wildman–Crippen MR) is 196 cm³/mol. The third-order valence-corrected chi connectivity index (χ3v) is 12.8. The molecule has 6 atom stereocenters. The zero-order valence-electron chi connectivity index (χ0n) is 31.3. The molecule has 6 unspecified atom stereocenters. The highest BCUT2D eigenvalue weighted by atomic mass is 32.2. The smallest absolute Gasteiger partial charge is 0.281 e. The third kappa shape index (κ3) is 19.1. The van der Waals surface area contributed by atoms with Gasteiger partial charge in [-0.1, -0.05) is 145 Å². The summed E-state index contributed by atoms with van der Waals surface area (Å²) in [5, 5.41) is -2.07. The zero-order valence-corrected chi connectivity index (χ0v) is 32.9. The van der Waals surface area contributed by atoms with E-state index in [9.17, 15) is 25.9 Å². The average Bonchev–Trinajstić information content (AvgIpc) is 3.01. The van der Waals surface area contributed by atoms with Gasteiger partial charge >= 0.3 is 0 Å². The van der Waals surface area contributed by atoms with Crippen LogP contribution >= 0.6 is 0 Å². The van der Waals surface area contributed by atoms with E-state index in [4.69, 9.17) is 0 Å². The van der Waals surface area contributed by atoms with Gasteiger partial charge in [0.05, 0.1) is 0 Å². The second kappa shape index (κ2) is 25.7. The molecule has 0 aromatic rings. The van der Waals surface area contributed by atoms with Gasteiger partial charge in [0.25, 0.3) is 20.2 Å². The Bertz CT molecular complexity index is 870. The van der Waals surface area contributed by atoms with Gasteiger partial charge in [-0.15, -0.1) is 0 Å². The molecule has 0 amide bonds. The second-order valence-electron chi connectivity index (χ2n) is 14.1. The van der Waals surface area contributed by atoms with E-state index in [0.717, 1.165) is 103 Å². The van der Waals surface area contributed by atoms with Crippen molar-refractivity contribution < 1.29 is 25.9 Å². The van der Waals surface area contributed by atoms with Crippen LogP contribution in [0.5, 0.6) is 0 Å². The van der Waals surface area contributed by atoms with Crippen LogP contribution in [-0.4, -0.2) is 72.7 Å². The van der Waals surface area contributed by atoms with Crippen LogP contribution in [0.15, 0.2) is 0 Å². The van der Waals surface area contributed by atoms with E-state index in [1.54, 1.807) is 0 Å². The van der Waals surface area contributed by atoms with E-state index in [-0.39, 0.29) is 23.7 Å². The van der Waals surface area contributed by atoms with Gasteiger partial charge in [0, 0.05) is 26.2 Å². The van der Waals surface area contributed by atoms with Crippen molar-refractivity contribution in [1.29, 1.82) is 0 Å². The molecule has 0 saturated carbocycles. The number of hydrogen-bond donors (Lipinski definition) is 2. The largest absolute Gasteiger partial charge is 0.284 e. The Morgan fingerprint density at radius 3 is 0.935 bits per heavy atom. The fraction of sp³-hybridized carbons (Fsp3) is 1.00. The molecular formula is C36H76N2O6S2. The molecule has 8 nitrogen and oxygen atoms in total. The summed E-state index contributed by atoms with van der Waals surface area (Å²) in [6.07, 6.45) is 16.4. The van der Waals surface area contributed by atoms with Crippen LogP contribution in [0.25, 0.3) is 0 Å². The Morgan fingerprint density at radius 1 is 0.457 bits per heavy atom. The van der Waals surface area contributed by atoms with E-state index in [1.807, 2.05) is 9.80 Å². The van der Waals surface area contributed by atoms with Crippen molar-refractivity contribution in [3.63, 3.8) is 0 Å². The highest BCUT2D eigenvalue weighted by Crippen LogP contribution is 2.29. The number of rotatable bonds is 31. The minimum atomic E-state index is -4.40. The molecule has 10 heteroatoms. The average molecular weight is 697 g/mol. The van der Waals surface area contributed by atoms with Crippen LogP contribution in [0.3, 0.4) is 0 Å². The van der Waals surface area contributed by atoms with Gasteiger partial charge in [0.15, 0.2) is 0 Å². The lowest BCUT2D eigenvalue weighted by molar-refractivity contribution is 0.118. The maximum Gasteiger partial charge on any atom is 0.281 e. The van der Waals surface area contributed by atoms with Gasteiger partial charge < -0.3 is 0 Å². The maximum atomic E-state index is 13.1. The number of nitrogens with zero attached hydrogens (tertiary/aromatic N) is 2. The van der Waals surface area contributed by atoms with Crippen LogP contribution in [-0.2, 0) is 20.2 Å². The normalized spacial score (nSPS) is 16.9. The van der Waals surface area contributed by atoms with Gasteiger partial charge in [-0.05, 0) is 49.4 Å². The van der Waals surface area contributed by atoms with Gasteiger partial charge in [-0.2, -0.15) is 16.8 Å². The van der Waals surface area contributed by atoms with E-state index < -0.39 is 31.0 Å². The molecule has 0 spiro atoms. The minimum Gasteiger partial charge on any atom is -0.284 e. The molecule has 0 radical (unpaired) electrons. The van der Waals surface area contributed by atoms with Crippen molar-refractivity contribution in [3.8, 4) is 0 Å². The Labute approximate surface area is 286 Å². The summed E-state index contributed by atoms with van der Waals surface area (Å²) in [6.45, 7) is 18.7. The maximum absolute atomic E-state index is 13.1. The summed E-state index contributed by atoms with van der Waals surface area (Å²) in [7, 11) is -8.80. The molecule has 0 aromatic heterocycles. The van der Waals surface area contributed by atoms with Crippen molar-refractivity contribution >= 4 is 20.2 Å². The lowest BCUT2D eigenvalue weighted by Crippen LogP contribution is -2.51. The first-order valence-electron chi connectivity index (χ1n) is 19.2. The fourth-order valence-electron chi connectivity index (χ4n) is 6.91. The standard InChI is InChI=1S/C36H76N2O6S2/c1-9-17-21-31(13-5)27-35(45(39,40)41)37(29-33(15-7)23-19-11-3)25-26-38(30-34(16-8)24-20-12-4)36(46(42,43)44)28-32(14-6)22-18-10-2/h31-36H,9-30H2,1-8H3,(H,39,40,41)(H,42,43,44). The first kappa shape index (κ1) is 45.7. The summed E-state index contributed by atoms with van der Waals surface area (Å²) < 4.78 is 73.8. The lowest BCUT2D eigenvalue weighted by Gasteiger charge is -2.38. The van der Waals surface area contributed by atoms with Crippen molar-refractivity contribution in [3.05, 3.63) is 0 Å². The number of unbranched alkanes of at least 4 members (excludes halogenated alkanes) is 4. The molecule has 0 bridgehead atoms. The molecule has 46 heavy (non-hydrogen) atoms. The molecule has 0 heterocycles. The first-order valence-corrected chi connectivity index (χ1v) is 22.2. The van der Waals surface area contributed by atoms with Crippen LogP contribution in [0.4, 0.5) is 0 Å². The second-order valence-corrected chi connectivity index (χ2v) is 17.2. The van der Waals surface area contributed by atoms with Crippen LogP contribution in [0.2, 0.25) is 0 Å². The highest BCUT2D eigenvalue weighted by molar-refractivity contribution is 7.86. The fourth-order valence-corrected chi connectivity index (χ4v) is 9.08. The monoisotopic (exact) mass is 697 g/mol. The van der Waals surface area contributed by atoms with Crippen LogP contribution in [0, 0.1) is 23.7 Å². The van der Waals surface area contributed by atoms with Crippen molar-refractivity contribution in [2.75, 3.05) is 26.2 Å². The SMILES string of the molecule is CCCCC(CC)CC(N(CCN(CC(CC)CCCC)C(CC(CC)CCCC)S(=O)(=O)O)CC(CC)CCCC)S(=O)(=O)O. The Kier molecular flexibility index (Phi) is 25.5. The Morgan fingerprint density at radius 2 is 0.717 bits per heavy atom. The van der Waals surface area contributed by atoms with E-state index in [1.165, 1.54) is 0 Å². The summed E-state index contributed by atoms with van der Waals surface area (Å²) >= 11 is 0. The van der Waals surface area contributed by atoms with Crippen LogP contribution < -0.4 is 0 Å². The molecular weight excluding hydrogens is 621 g/mol. The lowest BCUT2D eigenvalue weighted by atomic mass is 9.94. The summed E-state index contributed by atoms with van der Waals surface area (Å²) in [6, 6.07) is 0. The van der Waals surface area contributed by atoms with Crippen molar-refractivity contribution in [2.24, 2.45) is 23.7 Å². The Balaban J connectivity index is 6.75. The van der Waals surface area contributed by atoms with Gasteiger partial charge in [-0.25, -0.2) is 0 Å². The summed E-state index contributed by atoms with van der Waals surface area (Å²) in [5.41, 5.74) is 0. The molecule has 0 aliphatic heterocycles. The Hall–Kier alpha value is -0.260. The van der Waals surface area contributed by atoms with E-state index in [2.05, 4.69) is 55.4 Å². The quantitative estimate of drug-likeness (QED) is 0.0689. The molecule has 278 valence electrons. The molecule has 0 saturated heterocycles. The van der Waals surface area contributed by atoms with E-state index in [0.29, 0.717) is 39.0 Å². The molecule has 0 fully saturated rings. The predicted octanol–water partition coefficient (Wildman–Crippen LogP) is 9.66. The third-order valence-electron chi connectivity index (χ3n) is 10.4. The summed E-state index contributed by atoms with van der Waals surface area (Å²) in [5.74, 6) is 0.901. The van der Waals surface area contributed by atoms with Crippen molar-refractivity contribution in [1.82, 2.24) is 9.80 Å². The summed E-state index contributed by atoms with van der Waals surface area (Å²) in [4.78, 5) is 3.90.